The maximum atomic E-state index is 11.7. The average Bonchev–Trinajstić information content (AvgIpc) is 2.57. The molecular formula is C11H11N3O4. The van der Waals surface area contributed by atoms with Crippen LogP contribution in [0.1, 0.15) is 16.8 Å². The predicted octanol–water partition coefficient (Wildman–Crippen LogP) is -0.0510. The van der Waals surface area contributed by atoms with E-state index in [2.05, 4.69) is 10.3 Å². The summed E-state index contributed by atoms with van der Waals surface area (Å²) in [7, 11) is 1.40. The van der Waals surface area contributed by atoms with Crippen LogP contribution in [-0.2, 0) is 9.59 Å². The van der Waals surface area contributed by atoms with Gasteiger partial charge in [-0.15, -0.1) is 0 Å². The van der Waals surface area contributed by atoms with Gasteiger partial charge in [-0.3, -0.25) is 19.5 Å². The van der Waals surface area contributed by atoms with Crippen LogP contribution in [0.3, 0.4) is 0 Å². The summed E-state index contributed by atoms with van der Waals surface area (Å²) in [5.41, 5.74) is 0.242. The minimum atomic E-state index is -1.14. The summed E-state index contributed by atoms with van der Waals surface area (Å²) in [5.74, 6) is -1.80. The summed E-state index contributed by atoms with van der Waals surface area (Å²) in [6, 6.07) is 0.738. The van der Waals surface area contributed by atoms with Crippen LogP contribution in [0.15, 0.2) is 18.5 Å². The molecule has 1 saturated heterocycles. The number of nitrogens with one attached hydrogen (secondary N) is 1. The third-order valence-electron chi connectivity index (χ3n) is 2.76. The summed E-state index contributed by atoms with van der Waals surface area (Å²) >= 11 is 0. The zero-order valence-corrected chi connectivity index (χ0v) is 9.58. The fourth-order valence-corrected chi connectivity index (χ4v) is 1.75. The summed E-state index contributed by atoms with van der Waals surface area (Å²) in [6.07, 6.45) is 2.63. The number of pyridine rings is 1. The first-order valence-electron chi connectivity index (χ1n) is 5.25. The van der Waals surface area contributed by atoms with Crippen LogP contribution >= 0.6 is 0 Å². The lowest BCUT2D eigenvalue weighted by Gasteiger charge is -2.13. The maximum Gasteiger partial charge on any atom is 0.339 e. The van der Waals surface area contributed by atoms with Crippen molar-refractivity contribution in [1.82, 2.24) is 9.88 Å². The number of aromatic carboxylic acids is 1. The molecule has 2 amide bonds. The van der Waals surface area contributed by atoms with Crippen molar-refractivity contribution in [2.45, 2.75) is 12.5 Å². The van der Waals surface area contributed by atoms with E-state index in [0.717, 1.165) is 4.90 Å². The Bertz CT molecular complexity index is 529. The van der Waals surface area contributed by atoms with Gasteiger partial charge in [0, 0.05) is 19.4 Å². The van der Waals surface area contributed by atoms with Crippen LogP contribution in [0.5, 0.6) is 0 Å². The Labute approximate surface area is 102 Å². The molecular weight excluding hydrogens is 238 g/mol. The third kappa shape index (κ3) is 2.02. The van der Waals surface area contributed by atoms with Crippen molar-refractivity contribution in [2.24, 2.45) is 0 Å². The van der Waals surface area contributed by atoms with E-state index in [1.807, 2.05) is 0 Å². The van der Waals surface area contributed by atoms with Crippen molar-refractivity contribution in [3.8, 4) is 0 Å². The Kier molecular flexibility index (Phi) is 2.97. The molecule has 1 aliphatic rings. The number of likely N-dealkylation sites (tertiary alicyclic amines) is 1. The molecule has 0 aromatic carbocycles. The first-order valence-corrected chi connectivity index (χ1v) is 5.25. The lowest BCUT2D eigenvalue weighted by atomic mass is 10.2. The van der Waals surface area contributed by atoms with Gasteiger partial charge in [0.05, 0.1) is 12.1 Å². The van der Waals surface area contributed by atoms with Crippen molar-refractivity contribution >= 4 is 23.5 Å². The standard InChI is InChI=1S/C11H11N3O4/c1-14-9(15)4-8(10(14)16)13-7-2-3-12-5-6(7)11(17)18/h2-3,5,8H,4H2,1H3,(H,12,13)(H,17,18). The molecule has 1 atom stereocenters. The molecule has 7 heteroatoms. The monoisotopic (exact) mass is 249 g/mol. The van der Waals surface area contributed by atoms with E-state index < -0.39 is 12.0 Å². The molecule has 2 rings (SSSR count). The van der Waals surface area contributed by atoms with Gasteiger partial charge in [-0.25, -0.2) is 4.79 Å². The van der Waals surface area contributed by atoms with Crippen LogP contribution in [-0.4, -0.2) is 45.9 Å². The summed E-state index contributed by atoms with van der Waals surface area (Å²) in [6.45, 7) is 0. The predicted molar refractivity (Wildman–Crippen MR) is 61.0 cm³/mol. The smallest absolute Gasteiger partial charge is 0.339 e. The van der Waals surface area contributed by atoms with Gasteiger partial charge in [-0.1, -0.05) is 0 Å². The average molecular weight is 249 g/mol. The first kappa shape index (κ1) is 12.0. The van der Waals surface area contributed by atoms with E-state index in [1.165, 1.54) is 25.5 Å². The molecule has 7 nitrogen and oxygen atoms in total. The molecule has 1 fully saturated rings. The summed E-state index contributed by atoms with van der Waals surface area (Å²) in [4.78, 5) is 38.7. The Balaban J connectivity index is 2.23. The number of carbonyl (C=O) groups is 3. The number of imide groups is 1. The number of rotatable bonds is 3. The van der Waals surface area contributed by atoms with E-state index >= 15 is 0 Å². The highest BCUT2D eigenvalue weighted by Gasteiger charge is 2.36. The van der Waals surface area contributed by atoms with Gasteiger partial charge in [0.2, 0.25) is 5.91 Å². The Morgan fingerprint density at radius 2 is 2.28 bits per heavy atom. The fourth-order valence-electron chi connectivity index (χ4n) is 1.75. The highest BCUT2D eigenvalue weighted by molar-refractivity contribution is 6.07. The molecule has 0 aliphatic carbocycles. The van der Waals surface area contributed by atoms with E-state index in [1.54, 1.807) is 0 Å². The maximum absolute atomic E-state index is 11.7. The van der Waals surface area contributed by atoms with Crippen molar-refractivity contribution < 1.29 is 19.5 Å². The van der Waals surface area contributed by atoms with E-state index in [0.29, 0.717) is 0 Å². The molecule has 0 spiro atoms. The lowest BCUT2D eigenvalue weighted by molar-refractivity contribution is -0.136. The molecule has 94 valence electrons. The number of hydrogen-bond donors (Lipinski definition) is 2. The summed E-state index contributed by atoms with van der Waals surface area (Å²) < 4.78 is 0. The van der Waals surface area contributed by atoms with Crippen molar-refractivity contribution in [3.63, 3.8) is 0 Å². The van der Waals surface area contributed by atoms with Gasteiger partial charge in [0.15, 0.2) is 0 Å². The number of carbonyl (C=O) groups excluding carboxylic acids is 2. The zero-order chi connectivity index (χ0) is 13.3. The van der Waals surface area contributed by atoms with Crippen LogP contribution in [0.25, 0.3) is 0 Å². The summed E-state index contributed by atoms with van der Waals surface area (Å²) in [5, 5.41) is 11.7. The van der Waals surface area contributed by atoms with E-state index in [-0.39, 0.29) is 29.5 Å². The third-order valence-corrected chi connectivity index (χ3v) is 2.76. The second-order valence-corrected chi connectivity index (χ2v) is 3.92. The number of aromatic nitrogens is 1. The number of anilines is 1. The largest absolute Gasteiger partial charge is 0.478 e. The zero-order valence-electron chi connectivity index (χ0n) is 9.58. The van der Waals surface area contributed by atoms with Gasteiger partial charge in [0.1, 0.15) is 11.6 Å². The fraction of sp³-hybridized carbons (Fsp3) is 0.273. The van der Waals surface area contributed by atoms with Gasteiger partial charge in [-0.2, -0.15) is 0 Å². The lowest BCUT2D eigenvalue weighted by Crippen LogP contribution is -2.32. The quantitative estimate of drug-likeness (QED) is 0.728. The Hall–Kier alpha value is -2.44. The van der Waals surface area contributed by atoms with Gasteiger partial charge < -0.3 is 10.4 Å². The Morgan fingerprint density at radius 3 is 2.83 bits per heavy atom. The van der Waals surface area contributed by atoms with Gasteiger partial charge in [-0.05, 0) is 6.07 Å². The van der Waals surface area contributed by atoms with Crippen molar-refractivity contribution in [3.05, 3.63) is 24.0 Å². The second kappa shape index (κ2) is 4.44. The topological polar surface area (TPSA) is 99.6 Å². The molecule has 18 heavy (non-hydrogen) atoms. The molecule has 1 aliphatic heterocycles. The van der Waals surface area contributed by atoms with Gasteiger partial charge in [0.25, 0.3) is 5.91 Å². The molecule has 0 bridgehead atoms. The van der Waals surface area contributed by atoms with Gasteiger partial charge >= 0.3 is 5.97 Å². The van der Waals surface area contributed by atoms with Crippen LogP contribution in [0, 0.1) is 0 Å². The number of likely N-dealkylation sites (N-methyl/N-ethyl adjacent to an activating group) is 1. The SMILES string of the molecule is CN1C(=O)CC(Nc2ccncc2C(=O)O)C1=O. The second-order valence-electron chi connectivity index (χ2n) is 3.92. The van der Waals surface area contributed by atoms with Crippen LogP contribution < -0.4 is 5.32 Å². The Morgan fingerprint density at radius 1 is 1.56 bits per heavy atom. The number of nitrogens with zero attached hydrogens (tertiary/aromatic N) is 2. The molecule has 1 aromatic heterocycles. The molecule has 2 heterocycles. The molecule has 2 N–H and O–H groups in total. The first-order chi connectivity index (χ1) is 8.50. The van der Waals surface area contributed by atoms with Crippen molar-refractivity contribution in [2.75, 3.05) is 12.4 Å². The highest BCUT2D eigenvalue weighted by atomic mass is 16.4. The van der Waals surface area contributed by atoms with Crippen LogP contribution in [0.2, 0.25) is 0 Å². The molecule has 0 radical (unpaired) electrons. The van der Waals surface area contributed by atoms with E-state index in [9.17, 15) is 14.4 Å². The molecule has 1 aromatic rings. The normalized spacial score (nSPS) is 19.2. The highest BCUT2D eigenvalue weighted by Crippen LogP contribution is 2.19. The number of carboxylic acid groups (broad SMARTS) is 1. The minimum Gasteiger partial charge on any atom is -0.478 e. The molecule has 0 saturated carbocycles. The van der Waals surface area contributed by atoms with Crippen LogP contribution in [0.4, 0.5) is 5.69 Å². The number of carboxylic acids is 1. The number of amides is 2. The van der Waals surface area contributed by atoms with Crippen molar-refractivity contribution in [1.29, 1.82) is 0 Å². The molecule has 1 unspecified atom stereocenters. The minimum absolute atomic E-state index is 0.0245. The number of hydrogen-bond acceptors (Lipinski definition) is 5. The van der Waals surface area contributed by atoms with E-state index in [4.69, 9.17) is 5.11 Å².